The van der Waals surface area contributed by atoms with Gasteiger partial charge in [-0.15, -0.1) is 0 Å². The second kappa shape index (κ2) is 6.42. The molecule has 6 heteroatoms. The van der Waals surface area contributed by atoms with Gasteiger partial charge in [-0.25, -0.2) is 8.42 Å². The maximum Gasteiger partial charge on any atom is 0.262 e. The summed E-state index contributed by atoms with van der Waals surface area (Å²) in [5.74, 6) is -0.178. The normalized spacial score (nSPS) is 11.1. The lowest BCUT2D eigenvalue weighted by Crippen LogP contribution is -2.25. The van der Waals surface area contributed by atoms with Crippen LogP contribution in [0.5, 0.6) is 0 Å². The number of benzene rings is 2. The van der Waals surface area contributed by atoms with E-state index in [-0.39, 0.29) is 10.8 Å². The molecule has 1 N–H and O–H groups in total. The number of hydrogen-bond donors (Lipinski definition) is 1. The van der Waals surface area contributed by atoms with Gasteiger partial charge in [0.1, 0.15) is 0 Å². The van der Waals surface area contributed by atoms with E-state index in [0.29, 0.717) is 16.9 Å². The Balaban J connectivity index is 2.44. The zero-order valence-corrected chi connectivity index (χ0v) is 14.4. The van der Waals surface area contributed by atoms with Crippen molar-refractivity contribution in [1.82, 2.24) is 0 Å². The molecule has 2 rings (SSSR count). The van der Waals surface area contributed by atoms with E-state index < -0.39 is 10.0 Å². The predicted octanol–water partition coefficient (Wildman–Crippen LogP) is 3.09. The van der Waals surface area contributed by atoms with Crippen LogP contribution in [-0.2, 0) is 14.8 Å². The summed E-state index contributed by atoms with van der Waals surface area (Å²) >= 11 is 0. The van der Waals surface area contributed by atoms with Crippen LogP contribution in [0.25, 0.3) is 0 Å². The first kappa shape index (κ1) is 17.0. The Kier molecular flexibility index (Phi) is 4.75. The maximum absolute atomic E-state index is 12.7. The van der Waals surface area contributed by atoms with Gasteiger partial charge in [-0.05, 0) is 37.6 Å². The number of rotatable bonds is 4. The highest BCUT2D eigenvalue weighted by Gasteiger charge is 2.20. The van der Waals surface area contributed by atoms with Crippen molar-refractivity contribution >= 4 is 27.3 Å². The monoisotopic (exact) mass is 332 g/mol. The zero-order valence-electron chi connectivity index (χ0n) is 13.6. The highest BCUT2D eigenvalue weighted by atomic mass is 32.2. The standard InChI is InChI=1S/C17H20N2O3S/c1-12-9-10-17(13(2)11-12)23(21,22)18-15-7-5-6-8-16(15)19(4)14(3)20/h5-11,18H,1-4H3. The number of amides is 1. The Morgan fingerprint density at radius 2 is 1.74 bits per heavy atom. The summed E-state index contributed by atoms with van der Waals surface area (Å²) in [4.78, 5) is 13.2. The lowest BCUT2D eigenvalue weighted by Gasteiger charge is -2.20. The molecule has 0 aromatic heterocycles. The maximum atomic E-state index is 12.7. The molecule has 0 bridgehead atoms. The quantitative estimate of drug-likeness (QED) is 0.935. The summed E-state index contributed by atoms with van der Waals surface area (Å²) in [5, 5.41) is 0. The smallest absolute Gasteiger partial charge is 0.262 e. The molecule has 0 atom stereocenters. The Morgan fingerprint density at radius 1 is 1.09 bits per heavy atom. The summed E-state index contributed by atoms with van der Waals surface area (Å²) in [6.45, 7) is 5.10. The van der Waals surface area contributed by atoms with Gasteiger partial charge in [0.15, 0.2) is 0 Å². The van der Waals surface area contributed by atoms with Crippen molar-refractivity contribution < 1.29 is 13.2 Å². The van der Waals surface area contributed by atoms with Gasteiger partial charge in [0.2, 0.25) is 5.91 Å². The van der Waals surface area contributed by atoms with Crippen LogP contribution in [0.15, 0.2) is 47.4 Å². The van der Waals surface area contributed by atoms with E-state index in [1.54, 1.807) is 50.4 Å². The Morgan fingerprint density at radius 3 is 2.35 bits per heavy atom. The van der Waals surface area contributed by atoms with Crippen molar-refractivity contribution in [3.63, 3.8) is 0 Å². The predicted molar refractivity (Wildman–Crippen MR) is 92.3 cm³/mol. The molecule has 1 amide bonds. The number of aryl methyl sites for hydroxylation is 2. The van der Waals surface area contributed by atoms with E-state index in [0.717, 1.165) is 5.56 Å². The molecule has 0 spiro atoms. The molecule has 0 saturated carbocycles. The molecule has 122 valence electrons. The fraction of sp³-hybridized carbons (Fsp3) is 0.235. The first-order valence-corrected chi connectivity index (χ1v) is 8.64. The number of carbonyl (C=O) groups is 1. The van der Waals surface area contributed by atoms with Crippen LogP contribution < -0.4 is 9.62 Å². The van der Waals surface area contributed by atoms with Crippen LogP contribution >= 0.6 is 0 Å². The molecule has 2 aromatic carbocycles. The summed E-state index contributed by atoms with van der Waals surface area (Å²) in [7, 11) is -2.13. The van der Waals surface area contributed by atoms with E-state index in [9.17, 15) is 13.2 Å². The highest BCUT2D eigenvalue weighted by Crippen LogP contribution is 2.28. The lowest BCUT2D eigenvalue weighted by atomic mass is 10.2. The third kappa shape index (κ3) is 3.71. The van der Waals surface area contributed by atoms with E-state index in [4.69, 9.17) is 0 Å². The number of anilines is 2. The molecule has 0 aliphatic rings. The summed E-state index contributed by atoms with van der Waals surface area (Å²) < 4.78 is 27.9. The number of nitrogens with one attached hydrogen (secondary N) is 1. The van der Waals surface area contributed by atoms with E-state index in [1.165, 1.54) is 11.8 Å². The summed E-state index contributed by atoms with van der Waals surface area (Å²) in [5.41, 5.74) is 2.55. The molecule has 5 nitrogen and oxygen atoms in total. The SMILES string of the molecule is CC(=O)N(C)c1ccccc1NS(=O)(=O)c1ccc(C)cc1C. The third-order valence-corrected chi connectivity index (χ3v) is 5.13. The number of nitrogens with zero attached hydrogens (tertiary/aromatic N) is 1. The molecule has 0 unspecified atom stereocenters. The first-order valence-electron chi connectivity index (χ1n) is 7.16. The average molecular weight is 332 g/mol. The molecular formula is C17H20N2O3S. The minimum Gasteiger partial charge on any atom is -0.314 e. The fourth-order valence-corrected chi connectivity index (χ4v) is 3.62. The first-order chi connectivity index (χ1) is 10.7. The van der Waals surface area contributed by atoms with Crippen molar-refractivity contribution in [2.45, 2.75) is 25.7 Å². The molecule has 0 saturated heterocycles. The van der Waals surface area contributed by atoms with Gasteiger partial charge >= 0.3 is 0 Å². The number of carbonyl (C=O) groups excluding carboxylic acids is 1. The van der Waals surface area contributed by atoms with Crippen LogP contribution in [0.2, 0.25) is 0 Å². The molecule has 0 aliphatic carbocycles. The van der Waals surface area contributed by atoms with Gasteiger partial charge in [-0.3, -0.25) is 9.52 Å². The minimum absolute atomic E-state index is 0.178. The number of sulfonamides is 1. The largest absolute Gasteiger partial charge is 0.314 e. The van der Waals surface area contributed by atoms with Crippen molar-refractivity contribution in [1.29, 1.82) is 0 Å². The van der Waals surface area contributed by atoms with Crippen molar-refractivity contribution in [2.24, 2.45) is 0 Å². The Hall–Kier alpha value is -2.34. The second-order valence-electron chi connectivity index (χ2n) is 5.47. The number of hydrogen-bond acceptors (Lipinski definition) is 3. The summed E-state index contributed by atoms with van der Waals surface area (Å²) in [6, 6.07) is 12.0. The Bertz CT molecular complexity index is 845. The lowest BCUT2D eigenvalue weighted by molar-refractivity contribution is -0.116. The average Bonchev–Trinajstić information content (AvgIpc) is 2.46. The van der Waals surface area contributed by atoms with Crippen LogP contribution in [0, 0.1) is 13.8 Å². The molecule has 2 aromatic rings. The summed E-state index contributed by atoms with van der Waals surface area (Å²) in [6.07, 6.45) is 0. The fourth-order valence-electron chi connectivity index (χ4n) is 2.32. The van der Waals surface area contributed by atoms with Crippen LogP contribution in [0.3, 0.4) is 0 Å². The van der Waals surface area contributed by atoms with Crippen LogP contribution in [-0.4, -0.2) is 21.4 Å². The minimum atomic E-state index is -3.73. The van der Waals surface area contributed by atoms with Crippen molar-refractivity contribution in [2.75, 3.05) is 16.7 Å². The van der Waals surface area contributed by atoms with Crippen molar-refractivity contribution in [3.8, 4) is 0 Å². The van der Waals surface area contributed by atoms with Crippen LogP contribution in [0.4, 0.5) is 11.4 Å². The molecule has 0 heterocycles. The van der Waals surface area contributed by atoms with E-state index in [1.807, 2.05) is 13.0 Å². The van der Waals surface area contributed by atoms with Gasteiger partial charge in [-0.1, -0.05) is 29.8 Å². The molecule has 0 aliphatic heterocycles. The Labute approximate surface area is 137 Å². The van der Waals surface area contributed by atoms with E-state index in [2.05, 4.69) is 4.72 Å². The van der Waals surface area contributed by atoms with Gasteiger partial charge in [-0.2, -0.15) is 0 Å². The second-order valence-corrected chi connectivity index (χ2v) is 7.12. The third-order valence-electron chi connectivity index (χ3n) is 3.60. The van der Waals surface area contributed by atoms with Gasteiger partial charge < -0.3 is 4.90 Å². The van der Waals surface area contributed by atoms with Gasteiger partial charge in [0.05, 0.1) is 16.3 Å². The molecule has 0 radical (unpaired) electrons. The number of para-hydroxylation sites is 2. The van der Waals surface area contributed by atoms with Crippen molar-refractivity contribution in [3.05, 3.63) is 53.6 Å². The highest BCUT2D eigenvalue weighted by molar-refractivity contribution is 7.92. The topological polar surface area (TPSA) is 66.5 Å². The van der Waals surface area contributed by atoms with Gasteiger partial charge in [0, 0.05) is 14.0 Å². The molecule has 23 heavy (non-hydrogen) atoms. The molecule has 0 fully saturated rings. The zero-order chi connectivity index (χ0) is 17.2. The van der Waals surface area contributed by atoms with Crippen LogP contribution in [0.1, 0.15) is 18.1 Å². The van der Waals surface area contributed by atoms with E-state index >= 15 is 0 Å². The van der Waals surface area contributed by atoms with Gasteiger partial charge in [0.25, 0.3) is 10.0 Å². The molecular weight excluding hydrogens is 312 g/mol.